The van der Waals surface area contributed by atoms with Crippen LogP contribution in [0.3, 0.4) is 0 Å². The van der Waals surface area contributed by atoms with E-state index in [1.807, 2.05) is 0 Å². The first-order chi connectivity index (χ1) is 10.9. The summed E-state index contributed by atoms with van der Waals surface area (Å²) in [7, 11) is -3.13. The lowest BCUT2D eigenvalue weighted by Gasteiger charge is -2.27. The third kappa shape index (κ3) is 3.55. The van der Waals surface area contributed by atoms with Gasteiger partial charge in [-0.3, -0.25) is 14.6 Å². The lowest BCUT2D eigenvalue weighted by Crippen LogP contribution is -2.42. The summed E-state index contributed by atoms with van der Waals surface area (Å²) in [6.07, 6.45) is 3.86. The SMILES string of the molecule is O=C(Nc1ccncc1)C1=NN(C2CCS(=O)(=O)C2)C(=O)CC1. The molecule has 122 valence electrons. The van der Waals surface area contributed by atoms with E-state index in [4.69, 9.17) is 0 Å². The summed E-state index contributed by atoms with van der Waals surface area (Å²) in [5, 5.41) is 7.98. The minimum Gasteiger partial charge on any atom is -0.321 e. The van der Waals surface area contributed by atoms with E-state index >= 15 is 0 Å². The average Bonchev–Trinajstić information content (AvgIpc) is 2.88. The number of hydrogen-bond donors (Lipinski definition) is 1. The monoisotopic (exact) mass is 336 g/mol. The lowest BCUT2D eigenvalue weighted by molar-refractivity contribution is -0.133. The number of hydrazone groups is 1. The molecule has 3 rings (SSSR count). The first-order valence-corrected chi connectivity index (χ1v) is 9.08. The maximum atomic E-state index is 12.2. The van der Waals surface area contributed by atoms with Crippen LogP contribution in [0.2, 0.25) is 0 Å². The van der Waals surface area contributed by atoms with Gasteiger partial charge in [0.05, 0.1) is 17.5 Å². The van der Waals surface area contributed by atoms with Gasteiger partial charge in [0.2, 0.25) is 5.91 Å². The highest BCUT2D eigenvalue weighted by Gasteiger charge is 2.37. The van der Waals surface area contributed by atoms with Crippen molar-refractivity contribution in [3.05, 3.63) is 24.5 Å². The summed E-state index contributed by atoms with van der Waals surface area (Å²) in [6.45, 7) is 0. The molecule has 1 unspecified atom stereocenters. The minimum absolute atomic E-state index is 0.0511. The topological polar surface area (TPSA) is 109 Å². The number of anilines is 1. The average molecular weight is 336 g/mol. The summed E-state index contributed by atoms with van der Waals surface area (Å²) in [5.74, 6) is -0.682. The fourth-order valence-corrected chi connectivity index (χ4v) is 4.32. The van der Waals surface area contributed by atoms with Crippen LogP contribution in [-0.4, -0.2) is 53.5 Å². The van der Waals surface area contributed by atoms with Crippen LogP contribution < -0.4 is 5.32 Å². The van der Waals surface area contributed by atoms with Crippen molar-refractivity contribution in [3.63, 3.8) is 0 Å². The number of nitrogens with one attached hydrogen (secondary N) is 1. The largest absolute Gasteiger partial charge is 0.321 e. The first kappa shape index (κ1) is 15.6. The van der Waals surface area contributed by atoms with Crippen molar-refractivity contribution in [2.24, 2.45) is 5.10 Å². The number of aromatic nitrogens is 1. The standard InChI is InChI=1S/C14H16N4O4S/c19-13-2-1-12(14(20)16-10-3-6-15-7-4-10)17-18(13)11-5-8-23(21,22)9-11/h3-4,6-7,11H,1-2,5,8-9H2,(H,15,16,20). The highest BCUT2D eigenvalue weighted by Crippen LogP contribution is 2.22. The molecule has 0 bridgehead atoms. The van der Waals surface area contributed by atoms with Crippen molar-refractivity contribution >= 4 is 33.1 Å². The van der Waals surface area contributed by atoms with Gasteiger partial charge >= 0.3 is 0 Å². The van der Waals surface area contributed by atoms with Crippen molar-refractivity contribution in [1.29, 1.82) is 0 Å². The Balaban J connectivity index is 1.76. The molecule has 2 aliphatic heterocycles. The van der Waals surface area contributed by atoms with Crippen molar-refractivity contribution < 1.29 is 18.0 Å². The van der Waals surface area contributed by atoms with Crippen LogP contribution in [0.4, 0.5) is 5.69 Å². The number of amides is 2. The second-order valence-electron chi connectivity index (χ2n) is 5.53. The van der Waals surface area contributed by atoms with E-state index in [0.29, 0.717) is 12.1 Å². The molecule has 2 amide bonds. The molecule has 2 aliphatic rings. The number of carbonyl (C=O) groups is 2. The van der Waals surface area contributed by atoms with Crippen LogP contribution in [0, 0.1) is 0 Å². The van der Waals surface area contributed by atoms with Crippen molar-refractivity contribution in [2.75, 3.05) is 16.8 Å². The number of pyridine rings is 1. The molecule has 0 saturated carbocycles. The van der Waals surface area contributed by atoms with Gasteiger partial charge in [-0.15, -0.1) is 0 Å². The van der Waals surface area contributed by atoms with Gasteiger partial charge in [0, 0.05) is 30.9 Å². The van der Waals surface area contributed by atoms with E-state index in [2.05, 4.69) is 15.4 Å². The van der Waals surface area contributed by atoms with E-state index in [1.54, 1.807) is 24.5 Å². The summed E-state index contributed by atoms with van der Waals surface area (Å²) in [6, 6.07) is 2.82. The second-order valence-corrected chi connectivity index (χ2v) is 7.76. The Labute approximate surface area is 133 Å². The molecule has 1 aromatic heterocycles. The summed E-state index contributed by atoms with van der Waals surface area (Å²) >= 11 is 0. The smallest absolute Gasteiger partial charge is 0.271 e. The molecular weight excluding hydrogens is 320 g/mol. The zero-order valence-electron chi connectivity index (χ0n) is 12.3. The molecule has 1 fully saturated rings. The lowest BCUT2D eigenvalue weighted by atomic mass is 10.1. The Morgan fingerprint density at radius 1 is 1.26 bits per heavy atom. The van der Waals surface area contributed by atoms with Crippen LogP contribution in [-0.2, 0) is 19.4 Å². The molecule has 23 heavy (non-hydrogen) atoms. The molecule has 0 spiro atoms. The van der Waals surface area contributed by atoms with Gasteiger partial charge in [0.1, 0.15) is 5.71 Å². The van der Waals surface area contributed by atoms with Gasteiger partial charge in [-0.05, 0) is 18.6 Å². The van der Waals surface area contributed by atoms with Crippen LogP contribution in [0.25, 0.3) is 0 Å². The van der Waals surface area contributed by atoms with Gasteiger partial charge in [0.25, 0.3) is 5.91 Å². The normalized spacial score (nSPS) is 23.5. The Morgan fingerprint density at radius 2 is 2.00 bits per heavy atom. The van der Waals surface area contributed by atoms with Crippen LogP contribution in [0.5, 0.6) is 0 Å². The van der Waals surface area contributed by atoms with Gasteiger partial charge in [-0.2, -0.15) is 5.10 Å². The van der Waals surface area contributed by atoms with Crippen LogP contribution >= 0.6 is 0 Å². The fraction of sp³-hybridized carbons (Fsp3) is 0.429. The maximum absolute atomic E-state index is 12.2. The molecule has 9 heteroatoms. The molecule has 0 radical (unpaired) electrons. The minimum atomic E-state index is -3.13. The van der Waals surface area contributed by atoms with Crippen LogP contribution in [0.1, 0.15) is 19.3 Å². The Morgan fingerprint density at radius 3 is 2.65 bits per heavy atom. The van der Waals surface area contributed by atoms with E-state index in [0.717, 1.165) is 0 Å². The summed E-state index contributed by atoms with van der Waals surface area (Å²) < 4.78 is 23.2. The second kappa shape index (κ2) is 6.07. The van der Waals surface area contributed by atoms with Crippen molar-refractivity contribution in [2.45, 2.75) is 25.3 Å². The van der Waals surface area contributed by atoms with Gasteiger partial charge in [-0.25, -0.2) is 13.4 Å². The molecule has 0 aliphatic carbocycles. The third-order valence-corrected chi connectivity index (χ3v) is 5.56. The highest BCUT2D eigenvalue weighted by molar-refractivity contribution is 7.91. The quantitative estimate of drug-likeness (QED) is 0.847. The van der Waals surface area contributed by atoms with E-state index < -0.39 is 21.8 Å². The fourth-order valence-electron chi connectivity index (χ4n) is 2.63. The summed E-state index contributed by atoms with van der Waals surface area (Å²) in [5.41, 5.74) is 0.810. The molecule has 3 heterocycles. The third-order valence-electron chi connectivity index (χ3n) is 3.81. The van der Waals surface area contributed by atoms with Crippen molar-refractivity contribution in [3.8, 4) is 0 Å². The van der Waals surface area contributed by atoms with E-state index in [1.165, 1.54) is 5.01 Å². The van der Waals surface area contributed by atoms with Crippen molar-refractivity contribution in [1.82, 2.24) is 9.99 Å². The van der Waals surface area contributed by atoms with Crippen LogP contribution in [0.15, 0.2) is 29.6 Å². The number of nitrogens with zero attached hydrogens (tertiary/aromatic N) is 3. The zero-order chi connectivity index (χ0) is 16.4. The highest BCUT2D eigenvalue weighted by atomic mass is 32.2. The number of sulfone groups is 1. The maximum Gasteiger partial charge on any atom is 0.271 e. The molecule has 0 aromatic carbocycles. The van der Waals surface area contributed by atoms with Gasteiger partial charge < -0.3 is 5.32 Å². The first-order valence-electron chi connectivity index (χ1n) is 7.26. The van der Waals surface area contributed by atoms with Gasteiger partial charge in [-0.1, -0.05) is 0 Å². The molecular formula is C14H16N4O4S. The Kier molecular flexibility index (Phi) is 4.12. The number of rotatable bonds is 3. The Hall–Kier alpha value is -2.29. The molecule has 1 saturated heterocycles. The Bertz CT molecular complexity index is 760. The van der Waals surface area contributed by atoms with E-state index in [-0.39, 0.29) is 36.0 Å². The zero-order valence-corrected chi connectivity index (χ0v) is 13.1. The van der Waals surface area contributed by atoms with E-state index in [9.17, 15) is 18.0 Å². The molecule has 1 N–H and O–H groups in total. The molecule has 1 atom stereocenters. The predicted molar refractivity (Wildman–Crippen MR) is 83.4 cm³/mol. The molecule has 8 nitrogen and oxygen atoms in total. The predicted octanol–water partition coefficient (Wildman–Crippen LogP) is 0.186. The summed E-state index contributed by atoms with van der Waals surface area (Å²) in [4.78, 5) is 28.1. The number of carbonyl (C=O) groups excluding carboxylic acids is 2. The number of hydrogen-bond acceptors (Lipinski definition) is 6. The van der Waals surface area contributed by atoms with Gasteiger partial charge in [0.15, 0.2) is 9.84 Å². The molecule has 1 aromatic rings.